The molecule has 0 aromatic carbocycles. The zero-order valence-electron chi connectivity index (χ0n) is 9.49. The normalized spacial score (nSPS) is 20.5. The van der Waals surface area contributed by atoms with Gasteiger partial charge in [0.15, 0.2) is 0 Å². The molecule has 1 aliphatic rings. The summed E-state index contributed by atoms with van der Waals surface area (Å²) in [6.45, 7) is 3.18. The quantitative estimate of drug-likeness (QED) is 0.774. The second kappa shape index (κ2) is 7.91. The van der Waals surface area contributed by atoms with Crippen LogP contribution in [0, 0.1) is 5.92 Å². The second-order valence-corrected chi connectivity index (χ2v) is 3.80. The number of carbonyl (C=O) groups is 1. The Bertz CT molecular complexity index is 184. The van der Waals surface area contributed by atoms with Crippen molar-refractivity contribution in [1.82, 2.24) is 10.2 Å². The van der Waals surface area contributed by atoms with Crippen LogP contribution in [0.2, 0.25) is 0 Å². The molecule has 0 spiro atoms. The van der Waals surface area contributed by atoms with Crippen LogP contribution in [0.25, 0.3) is 0 Å². The lowest BCUT2D eigenvalue weighted by Gasteiger charge is -2.26. The number of halogens is 1. The van der Waals surface area contributed by atoms with Gasteiger partial charge in [-0.1, -0.05) is 0 Å². The van der Waals surface area contributed by atoms with Gasteiger partial charge in [0.05, 0.1) is 12.5 Å². The van der Waals surface area contributed by atoms with Crippen molar-refractivity contribution in [2.45, 2.75) is 12.8 Å². The predicted molar refractivity (Wildman–Crippen MR) is 62.4 cm³/mol. The number of nitrogens with one attached hydrogen (secondary N) is 1. The van der Waals surface area contributed by atoms with E-state index in [-0.39, 0.29) is 24.2 Å². The summed E-state index contributed by atoms with van der Waals surface area (Å²) >= 11 is 0. The molecule has 1 unspecified atom stereocenters. The third-order valence-corrected chi connectivity index (χ3v) is 2.65. The van der Waals surface area contributed by atoms with Crippen molar-refractivity contribution in [3.05, 3.63) is 0 Å². The van der Waals surface area contributed by atoms with Crippen LogP contribution in [-0.4, -0.2) is 51.2 Å². The molecule has 15 heavy (non-hydrogen) atoms. The van der Waals surface area contributed by atoms with Gasteiger partial charge < -0.3 is 15.0 Å². The SMILES string of the molecule is COCCN(C)C(=O)C1CCCNC1.Cl. The van der Waals surface area contributed by atoms with Crippen molar-refractivity contribution < 1.29 is 9.53 Å². The van der Waals surface area contributed by atoms with E-state index in [2.05, 4.69) is 5.32 Å². The van der Waals surface area contributed by atoms with Crippen LogP contribution in [0.3, 0.4) is 0 Å². The predicted octanol–water partition coefficient (Wildman–Crippen LogP) is 0.513. The molecular formula is C10H21ClN2O2. The molecule has 0 aromatic heterocycles. The number of carbonyl (C=O) groups excluding carboxylic acids is 1. The van der Waals surface area contributed by atoms with Gasteiger partial charge in [-0.3, -0.25) is 4.79 Å². The van der Waals surface area contributed by atoms with Crippen molar-refractivity contribution in [1.29, 1.82) is 0 Å². The van der Waals surface area contributed by atoms with Gasteiger partial charge in [-0.15, -0.1) is 12.4 Å². The van der Waals surface area contributed by atoms with E-state index in [1.165, 1.54) is 0 Å². The van der Waals surface area contributed by atoms with Gasteiger partial charge >= 0.3 is 0 Å². The molecular weight excluding hydrogens is 216 g/mol. The average Bonchev–Trinajstić information content (AvgIpc) is 2.26. The number of nitrogens with zero attached hydrogens (tertiary/aromatic N) is 1. The van der Waals surface area contributed by atoms with Crippen LogP contribution in [-0.2, 0) is 9.53 Å². The van der Waals surface area contributed by atoms with Crippen molar-refractivity contribution >= 4 is 18.3 Å². The zero-order chi connectivity index (χ0) is 10.4. The minimum atomic E-state index is 0. The lowest BCUT2D eigenvalue weighted by molar-refractivity contribution is -0.135. The van der Waals surface area contributed by atoms with E-state index >= 15 is 0 Å². The first-order chi connectivity index (χ1) is 6.75. The van der Waals surface area contributed by atoms with Crippen molar-refractivity contribution in [2.75, 3.05) is 40.4 Å². The molecule has 0 saturated carbocycles. The number of rotatable bonds is 4. The number of hydrogen-bond donors (Lipinski definition) is 1. The minimum absolute atomic E-state index is 0. The Labute approximate surface area is 97.8 Å². The summed E-state index contributed by atoms with van der Waals surface area (Å²) in [5.41, 5.74) is 0. The van der Waals surface area contributed by atoms with Crippen LogP contribution in [0.5, 0.6) is 0 Å². The first-order valence-electron chi connectivity index (χ1n) is 5.20. The van der Waals surface area contributed by atoms with Gasteiger partial charge in [-0.05, 0) is 19.4 Å². The first-order valence-corrected chi connectivity index (χ1v) is 5.20. The lowest BCUT2D eigenvalue weighted by atomic mass is 9.98. The van der Waals surface area contributed by atoms with Gasteiger partial charge in [-0.25, -0.2) is 0 Å². The molecule has 1 amide bonds. The van der Waals surface area contributed by atoms with E-state index in [0.717, 1.165) is 25.9 Å². The second-order valence-electron chi connectivity index (χ2n) is 3.80. The van der Waals surface area contributed by atoms with Crippen LogP contribution in [0.1, 0.15) is 12.8 Å². The van der Waals surface area contributed by atoms with Gasteiger partial charge in [0, 0.05) is 27.2 Å². The summed E-state index contributed by atoms with van der Waals surface area (Å²) in [5.74, 6) is 0.417. The zero-order valence-corrected chi connectivity index (χ0v) is 10.3. The number of likely N-dealkylation sites (N-methyl/N-ethyl adjacent to an activating group) is 1. The van der Waals surface area contributed by atoms with Crippen LogP contribution in [0.15, 0.2) is 0 Å². The molecule has 4 nitrogen and oxygen atoms in total. The van der Waals surface area contributed by atoms with E-state index in [1.54, 1.807) is 12.0 Å². The lowest BCUT2D eigenvalue weighted by Crippen LogP contribution is -2.42. The Morgan fingerprint density at radius 1 is 1.60 bits per heavy atom. The van der Waals surface area contributed by atoms with Gasteiger partial charge in [0.2, 0.25) is 5.91 Å². The van der Waals surface area contributed by atoms with E-state index in [9.17, 15) is 4.79 Å². The summed E-state index contributed by atoms with van der Waals surface area (Å²) < 4.78 is 4.94. The topological polar surface area (TPSA) is 41.6 Å². The standard InChI is InChI=1S/C10H20N2O2.ClH/c1-12(6-7-14-2)10(13)9-4-3-5-11-8-9;/h9,11H,3-8H2,1-2H3;1H. The summed E-state index contributed by atoms with van der Waals surface area (Å²) in [5, 5.41) is 3.25. The maximum atomic E-state index is 11.8. The van der Waals surface area contributed by atoms with Crippen LogP contribution < -0.4 is 5.32 Å². The third kappa shape index (κ3) is 4.82. The smallest absolute Gasteiger partial charge is 0.226 e. The Kier molecular flexibility index (Phi) is 7.74. The number of amides is 1. The Balaban J connectivity index is 0.00000196. The fraction of sp³-hybridized carbons (Fsp3) is 0.900. The molecule has 90 valence electrons. The Hall–Kier alpha value is -0.320. The molecule has 0 aliphatic carbocycles. The van der Waals surface area contributed by atoms with E-state index in [0.29, 0.717) is 13.2 Å². The van der Waals surface area contributed by atoms with E-state index < -0.39 is 0 Å². The van der Waals surface area contributed by atoms with Gasteiger partial charge in [0.25, 0.3) is 0 Å². The maximum absolute atomic E-state index is 11.8. The molecule has 0 aromatic rings. The highest BCUT2D eigenvalue weighted by Gasteiger charge is 2.23. The molecule has 0 radical (unpaired) electrons. The molecule has 1 atom stereocenters. The number of hydrogen-bond acceptors (Lipinski definition) is 3. The minimum Gasteiger partial charge on any atom is -0.383 e. The maximum Gasteiger partial charge on any atom is 0.226 e. The Morgan fingerprint density at radius 2 is 2.33 bits per heavy atom. The summed E-state index contributed by atoms with van der Waals surface area (Å²) in [7, 11) is 3.50. The molecule has 1 aliphatic heterocycles. The summed E-state index contributed by atoms with van der Waals surface area (Å²) in [6, 6.07) is 0. The first kappa shape index (κ1) is 14.7. The fourth-order valence-corrected chi connectivity index (χ4v) is 1.71. The number of ether oxygens (including phenoxy) is 1. The molecule has 1 heterocycles. The number of methoxy groups -OCH3 is 1. The van der Waals surface area contributed by atoms with Gasteiger partial charge in [-0.2, -0.15) is 0 Å². The molecule has 1 N–H and O–H groups in total. The van der Waals surface area contributed by atoms with E-state index in [4.69, 9.17) is 4.74 Å². The van der Waals surface area contributed by atoms with Crippen LogP contribution in [0.4, 0.5) is 0 Å². The van der Waals surface area contributed by atoms with Gasteiger partial charge in [0.1, 0.15) is 0 Å². The molecule has 1 rings (SSSR count). The largest absolute Gasteiger partial charge is 0.383 e. The van der Waals surface area contributed by atoms with E-state index in [1.807, 2.05) is 7.05 Å². The van der Waals surface area contributed by atoms with Crippen molar-refractivity contribution in [2.24, 2.45) is 5.92 Å². The Morgan fingerprint density at radius 3 is 2.87 bits per heavy atom. The average molecular weight is 237 g/mol. The van der Waals surface area contributed by atoms with Crippen molar-refractivity contribution in [3.63, 3.8) is 0 Å². The van der Waals surface area contributed by atoms with Crippen molar-refractivity contribution in [3.8, 4) is 0 Å². The molecule has 1 saturated heterocycles. The fourth-order valence-electron chi connectivity index (χ4n) is 1.71. The molecule has 0 bridgehead atoms. The third-order valence-electron chi connectivity index (χ3n) is 2.65. The number of piperidine rings is 1. The molecule has 1 fully saturated rings. The highest BCUT2D eigenvalue weighted by molar-refractivity contribution is 5.85. The summed E-state index contributed by atoms with van der Waals surface area (Å²) in [4.78, 5) is 13.6. The monoisotopic (exact) mass is 236 g/mol. The molecule has 5 heteroatoms. The van der Waals surface area contributed by atoms with Crippen LogP contribution >= 0.6 is 12.4 Å². The highest BCUT2D eigenvalue weighted by Crippen LogP contribution is 2.12. The highest BCUT2D eigenvalue weighted by atomic mass is 35.5. The summed E-state index contributed by atoms with van der Waals surface area (Å²) in [6.07, 6.45) is 2.12.